The molecular formula is C17H26N2. The van der Waals surface area contributed by atoms with Gasteiger partial charge >= 0.3 is 0 Å². The minimum absolute atomic E-state index is 0.585. The largest absolute Gasteiger partial charge is 0.306 e. The number of aryl methyl sites for hydroxylation is 1. The highest BCUT2D eigenvalue weighted by Crippen LogP contribution is 2.30. The van der Waals surface area contributed by atoms with Gasteiger partial charge in [-0.05, 0) is 57.2 Å². The van der Waals surface area contributed by atoms with Gasteiger partial charge in [0.25, 0.3) is 0 Å². The molecule has 1 saturated heterocycles. The minimum atomic E-state index is 0.585. The first-order valence-electron chi connectivity index (χ1n) is 7.82. The molecule has 1 aromatic rings. The van der Waals surface area contributed by atoms with E-state index >= 15 is 0 Å². The van der Waals surface area contributed by atoms with Gasteiger partial charge < -0.3 is 5.32 Å². The van der Waals surface area contributed by atoms with Crippen LogP contribution in [-0.2, 0) is 6.42 Å². The number of nitrogens with one attached hydrogen (secondary N) is 1. The van der Waals surface area contributed by atoms with E-state index in [0.717, 1.165) is 0 Å². The van der Waals surface area contributed by atoms with Crippen LogP contribution in [-0.4, -0.2) is 30.1 Å². The molecule has 19 heavy (non-hydrogen) atoms. The molecule has 0 spiro atoms. The van der Waals surface area contributed by atoms with E-state index in [9.17, 15) is 0 Å². The lowest BCUT2D eigenvalue weighted by atomic mass is 9.87. The first kappa shape index (κ1) is 13.1. The highest BCUT2D eigenvalue weighted by Gasteiger charge is 2.28. The molecule has 2 atom stereocenters. The van der Waals surface area contributed by atoms with E-state index in [-0.39, 0.29) is 0 Å². The molecule has 1 aliphatic heterocycles. The lowest BCUT2D eigenvalue weighted by molar-refractivity contribution is 0.263. The van der Waals surface area contributed by atoms with E-state index in [2.05, 4.69) is 48.3 Å². The molecule has 1 heterocycles. The van der Waals surface area contributed by atoms with Crippen molar-refractivity contribution in [1.29, 1.82) is 0 Å². The molecule has 1 N–H and O–H groups in total. The van der Waals surface area contributed by atoms with Gasteiger partial charge in [0.1, 0.15) is 0 Å². The quantitative estimate of drug-likeness (QED) is 0.896. The van der Waals surface area contributed by atoms with Crippen LogP contribution in [0.25, 0.3) is 0 Å². The third-order valence-corrected chi connectivity index (χ3v) is 4.76. The number of nitrogens with zero attached hydrogens (tertiary/aromatic N) is 1. The molecule has 0 amide bonds. The van der Waals surface area contributed by atoms with Crippen molar-refractivity contribution in [3.63, 3.8) is 0 Å². The molecule has 1 fully saturated rings. The van der Waals surface area contributed by atoms with Crippen molar-refractivity contribution in [3.05, 3.63) is 35.4 Å². The zero-order valence-corrected chi connectivity index (χ0v) is 12.2. The molecule has 0 saturated carbocycles. The summed E-state index contributed by atoms with van der Waals surface area (Å²) in [4.78, 5) is 2.59. The maximum absolute atomic E-state index is 3.92. The molecular weight excluding hydrogens is 232 g/mol. The maximum Gasteiger partial charge on any atom is 0.0326 e. The number of benzene rings is 1. The summed E-state index contributed by atoms with van der Waals surface area (Å²) in [7, 11) is 0. The average molecular weight is 258 g/mol. The fourth-order valence-corrected chi connectivity index (χ4v) is 3.60. The van der Waals surface area contributed by atoms with Gasteiger partial charge in [-0.25, -0.2) is 0 Å². The van der Waals surface area contributed by atoms with Crippen molar-refractivity contribution >= 4 is 0 Å². The van der Waals surface area contributed by atoms with Gasteiger partial charge in [0.2, 0.25) is 0 Å². The van der Waals surface area contributed by atoms with E-state index < -0.39 is 0 Å². The van der Waals surface area contributed by atoms with Gasteiger partial charge in [-0.3, -0.25) is 4.90 Å². The molecule has 1 aliphatic carbocycles. The topological polar surface area (TPSA) is 15.3 Å². The van der Waals surface area contributed by atoms with Crippen LogP contribution in [0.15, 0.2) is 24.3 Å². The maximum atomic E-state index is 3.92. The Bertz CT molecular complexity index is 427. The summed E-state index contributed by atoms with van der Waals surface area (Å²) in [5, 5.41) is 3.92. The molecule has 2 heteroatoms. The second kappa shape index (κ2) is 5.64. The number of fused-ring (bicyclic) bond motifs is 1. The minimum Gasteiger partial charge on any atom is -0.306 e. The Morgan fingerprint density at radius 1 is 1.21 bits per heavy atom. The normalized spacial score (nSPS) is 27.7. The van der Waals surface area contributed by atoms with E-state index in [1.165, 1.54) is 38.8 Å². The van der Waals surface area contributed by atoms with Crippen molar-refractivity contribution in [2.45, 2.75) is 57.7 Å². The first-order chi connectivity index (χ1) is 9.24. The Labute approximate surface area is 117 Å². The van der Waals surface area contributed by atoms with Gasteiger partial charge in [-0.1, -0.05) is 24.3 Å². The fraction of sp³-hybridized carbons (Fsp3) is 0.647. The van der Waals surface area contributed by atoms with Gasteiger partial charge in [0.15, 0.2) is 0 Å². The summed E-state index contributed by atoms with van der Waals surface area (Å²) in [5.41, 5.74) is 3.11. The third kappa shape index (κ3) is 2.85. The number of hydrogen-bond acceptors (Lipinski definition) is 2. The van der Waals surface area contributed by atoms with Crippen molar-refractivity contribution in [2.75, 3.05) is 13.1 Å². The Balaban J connectivity index is 1.66. The summed E-state index contributed by atoms with van der Waals surface area (Å²) in [6.07, 6.45) is 5.19. The predicted octanol–water partition coefficient (Wildman–Crippen LogP) is 3.14. The molecule has 2 nitrogen and oxygen atoms in total. The van der Waals surface area contributed by atoms with Gasteiger partial charge in [-0.15, -0.1) is 0 Å². The number of likely N-dealkylation sites (tertiary alicyclic amines) is 1. The Morgan fingerprint density at radius 3 is 2.84 bits per heavy atom. The van der Waals surface area contributed by atoms with Gasteiger partial charge in [0, 0.05) is 24.7 Å². The smallest absolute Gasteiger partial charge is 0.0326 e. The standard InChI is InChI=1S/C17H26N2/c1-13(2)19-11-10-15(12-19)18-17-9-5-7-14-6-3-4-8-16(14)17/h3-4,6,8,13,15,17-18H,5,7,9-12H2,1-2H3. The van der Waals surface area contributed by atoms with Crippen LogP contribution in [0.3, 0.4) is 0 Å². The Hall–Kier alpha value is -0.860. The van der Waals surface area contributed by atoms with Gasteiger partial charge in [0.05, 0.1) is 0 Å². The monoisotopic (exact) mass is 258 g/mol. The lowest BCUT2D eigenvalue weighted by Gasteiger charge is -2.29. The van der Waals surface area contributed by atoms with E-state index in [0.29, 0.717) is 18.1 Å². The summed E-state index contributed by atoms with van der Waals surface area (Å²) in [6, 6.07) is 10.9. The van der Waals surface area contributed by atoms with Crippen LogP contribution in [0, 0.1) is 0 Å². The summed E-state index contributed by atoms with van der Waals surface area (Å²) in [6.45, 7) is 7.08. The summed E-state index contributed by atoms with van der Waals surface area (Å²) < 4.78 is 0. The molecule has 0 bridgehead atoms. The molecule has 2 unspecified atom stereocenters. The van der Waals surface area contributed by atoms with E-state index in [1.54, 1.807) is 11.1 Å². The fourth-order valence-electron chi connectivity index (χ4n) is 3.60. The highest BCUT2D eigenvalue weighted by molar-refractivity contribution is 5.32. The zero-order valence-electron chi connectivity index (χ0n) is 12.2. The SMILES string of the molecule is CC(C)N1CCC(NC2CCCc3ccccc32)C1. The molecule has 104 valence electrons. The van der Waals surface area contributed by atoms with Crippen molar-refractivity contribution in [3.8, 4) is 0 Å². The molecule has 3 rings (SSSR count). The zero-order chi connectivity index (χ0) is 13.2. The van der Waals surface area contributed by atoms with Crippen LogP contribution in [0.1, 0.15) is 50.3 Å². The summed E-state index contributed by atoms with van der Waals surface area (Å²) in [5.74, 6) is 0. The van der Waals surface area contributed by atoms with Crippen LogP contribution in [0.2, 0.25) is 0 Å². The Kier molecular flexibility index (Phi) is 3.90. The molecule has 1 aromatic carbocycles. The van der Waals surface area contributed by atoms with Crippen LogP contribution in [0.5, 0.6) is 0 Å². The van der Waals surface area contributed by atoms with Crippen LogP contribution >= 0.6 is 0 Å². The van der Waals surface area contributed by atoms with Crippen molar-refractivity contribution < 1.29 is 0 Å². The lowest BCUT2D eigenvalue weighted by Crippen LogP contribution is -2.38. The van der Waals surface area contributed by atoms with Crippen LogP contribution < -0.4 is 5.32 Å². The third-order valence-electron chi connectivity index (χ3n) is 4.76. The Morgan fingerprint density at radius 2 is 2.05 bits per heavy atom. The van der Waals surface area contributed by atoms with Crippen LogP contribution in [0.4, 0.5) is 0 Å². The van der Waals surface area contributed by atoms with Gasteiger partial charge in [-0.2, -0.15) is 0 Å². The number of hydrogen-bond donors (Lipinski definition) is 1. The molecule has 0 aromatic heterocycles. The highest BCUT2D eigenvalue weighted by atomic mass is 15.2. The van der Waals surface area contributed by atoms with Crippen molar-refractivity contribution in [2.24, 2.45) is 0 Å². The number of rotatable bonds is 3. The molecule has 2 aliphatic rings. The average Bonchev–Trinajstić information content (AvgIpc) is 2.88. The predicted molar refractivity (Wildman–Crippen MR) is 80.4 cm³/mol. The van der Waals surface area contributed by atoms with E-state index in [1.807, 2.05) is 0 Å². The van der Waals surface area contributed by atoms with Crippen molar-refractivity contribution in [1.82, 2.24) is 10.2 Å². The summed E-state index contributed by atoms with van der Waals surface area (Å²) >= 11 is 0. The second-order valence-electron chi connectivity index (χ2n) is 6.38. The van der Waals surface area contributed by atoms with E-state index in [4.69, 9.17) is 0 Å². The first-order valence-corrected chi connectivity index (χ1v) is 7.82. The molecule has 0 radical (unpaired) electrons. The second-order valence-corrected chi connectivity index (χ2v) is 6.38.